The highest BCUT2D eigenvalue weighted by Gasteiger charge is 2.24. The van der Waals surface area contributed by atoms with Crippen LogP contribution in [0.15, 0.2) is 0 Å². The molecule has 1 heterocycles. The van der Waals surface area contributed by atoms with Gasteiger partial charge in [0, 0.05) is 19.1 Å². The Labute approximate surface area is 85.9 Å². The molecule has 1 fully saturated rings. The summed E-state index contributed by atoms with van der Waals surface area (Å²) in [5.41, 5.74) is 5.51. The first kappa shape index (κ1) is 11.6. The molecule has 0 spiro atoms. The van der Waals surface area contributed by atoms with Gasteiger partial charge in [-0.15, -0.1) is 0 Å². The van der Waals surface area contributed by atoms with Crippen LogP contribution in [0.1, 0.15) is 19.3 Å². The quantitative estimate of drug-likeness (QED) is 0.630. The number of likely N-dealkylation sites (tertiary alicyclic amines) is 1. The summed E-state index contributed by atoms with van der Waals surface area (Å²) in [6, 6.07) is 0.0276. The van der Waals surface area contributed by atoms with Crippen molar-refractivity contribution < 1.29 is 13.6 Å². The Morgan fingerprint density at radius 1 is 1.57 bits per heavy atom. The highest BCUT2D eigenvalue weighted by atomic mass is 32.2. The van der Waals surface area contributed by atoms with Crippen LogP contribution in [0.2, 0.25) is 0 Å². The van der Waals surface area contributed by atoms with Gasteiger partial charge in [0.1, 0.15) is 0 Å². The topological polar surface area (TPSA) is 86.5 Å². The Hall–Kier alpha value is -0.460. The Bertz CT molecular complexity index is 235. The normalized spacial score (nSPS) is 24.7. The Kier molecular flexibility index (Phi) is 4.50. The molecular weight excluding hydrogens is 204 g/mol. The molecule has 1 saturated heterocycles. The van der Waals surface area contributed by atoms with Gasteiger partial charge in [0.05, 0.1) is 5.75 Å². The third-order valence-electron chi connectivity index (χ3n) is 2.46. The largest absolute Gasteiger partial charge is 0.772 e. The van der Waals surface area contributed by atoms with Crippen LogP contribution < -0.4 is 5.73 Å². The Balaban J connectivity index is 2.54. The molecule has 1 aliphatic rings. The van der Waals surface area contributed by atoms with Crippen LogP contribution in [-0.4, -0.2) is 44.5 Å². The van der Waals surface area contributed by atoms with E-state index >= 15 is 0 Å². The zero-order valence-electron chi connectivity index (χ0n) is 7.98. The number of piperidine rings is 1. The molecule has 5 nitrogen and oxygen atoms in total. The molecule has 6 heteroatoms. The molecule has 0 aromatic rings. The fourth-order valence-electron chi connectivity index (χ4n) is 1.76. The minimum absolute atomic E-state index is 0.0276. The Morgan fingerprint density at radius 3 is 2.86 bits per heavy atom. The standard InChI is InChI=1S/C8H16N2O3S/c9-5-7-3-1-2-4-10(7)8(11)6-14(12)13/h7H,1-6,9H2,(H,12,13)/p-1. The van der Waals surface area contributed by atoms with E-state index in [1.54, 1.807) is 4.90 Å². The van der Waals surface area contributed by atoms with Crippen molar-refractivity contribution in [3.05, 3.63) is 0 Å². The van der Waals surface area contributed by atoms with E-state index < -0.39 is 16.8 Å². The summed E-state index contributed by atoms with van der Waals surface area (Å²) in [5.74, 6) is -0.746. The molecule has 0 bridgehead atoms. The average Bonchev–Trinajstić information content (AvgIpc) is 2.16. The van der Waals surface area contributed by atoms with E-state index in [9.17, 15) is 13.6 Å². The van der Waals surface area contributed by atoms with Crippen molar-refractivity contribution in [3.8, 4) is 0 Å². The zero-order chi connectivity index (χ0) is 10.6. The monoisotopic (exact) mass is 219 g/mol. The third-order valence-corrected chi connectivity index (χ3v) is 2.94. The second-order valence-electron chi connectivity index (χ2n) is 3.42. The van der Waals surface area contributed by atoms with Crippen LogP contribution in [0.25, 0.3) is 0 Å². The van der Waals surface area contributed by atoms with Gasteiger partial charge in [-0.25, -0.2) is 0 Å². The summed E-state index contributed by atoms with van der Waals surface area (Å²) in [4.78, 5) is 13.1. The highest BCUT2D eigenvalue weighted by molar-refractivity contribution is 7.79. The predicted molar refractivity (Wildman–Crippen MR) is 52.2 cm³/mol. The summed E-state index contributed by atoms with van der Waals surface area (Å²) in [6.45, 7) is 1.05. The maximum atomic E-state index is 11.5. The van der Waals surface area contributed by atoms with Crippen LogP contribution in [0.4, 0.5) is 0 Å². The molecule has 2 N–H and O–H groups in total. The molecule has 14 heavy (non-hydrogen) atoms. The lowest BCUT2D eigenvalue weighted by molar-refractivity contribution is -0.131. The lowest BCUT2D eigenvalue weighted by Crippen LogP contribution is -2.48. The second-order valence-corrected chi connectivity index (χ2v) is 4.32. The summed E-state index contributed by atoms with van der Waals surface area (Å²) in [5, 5.41) is 0. The lowest BCUT2D eigenvalue weighted by atomic mass is 10.0. The van der Waals surface area contributed by atoms with Crippen molar-refractivity contribution in [2.75, 3.05) is 18.8 Å². The van der Waals surface area contributed by atoms with Crippen LogP contribution in [0.5, 0.6) is 0 Å². The van der Waals surface area contributed by atoms with Gasteiger partial charge in [-0.3, -0.25) is 9.00 Å². The summed E-state index contributed by atoms with van der Waals surface area (Å²) in [6.07, 6.45) is 2.88. The number of nitrogens with zero attached hydrogens (tertiary/aromatic N) is 1. The zero-order valence-corrected chi connectivity index (χ0v) is 8.79. The van der Waals surface area contributed by atoms with Crippen molar-refractivity contribution in [2.24, 2.45) is 5.73 Å². The molecule has 1 aliphatic heterocycles. The van der Waals surface area contributed by atoms with Crippen LogP contribution in [0.3, 0.4) is 0 Å². The molecule has 1 rings (SSSR count). The predicted octanol–water partition coefficient (Wildman–Crippen LogP) is -0.795. The Morgan fingerprint density at radius 2 is 2.29 bits per heavy atom. The van der Waals surface area contributed by atoms with E-state index in [1.807, 2.05) is 0 Å². The SMILES string of the molecule is NCC1CCCCN1C(=O)CS(=O)[O-]. The fourth-order valence-corrected chi connectivity index (χ4v) is 2.13. The van der Waals surface area contributed by atoms with E-state index in [-0.39, 0.29) is 11.9 Å². The van der Waals surface area contributed by atoms with Crippen molar-refractivity contribution >= 4 is 17.0 Å². The molecule has 0 aliphatic carbocycles. The van der Waals surface area contributed by atoms with Gasteiger partial charge in [-0.05, 0) is 30.3 Å². The average molecular weight is 219 g/mol. The number of amides is 1. The molecule has 0 saturated carbocycles. The molecule has 0 aromatic carbocycles. The van der Waals surface area contributed by atoms with Crippen molar-refractivity contribution in [1.82, 2.24) is 4.90 Å². The van der Waals surface area contributed by atoms with Gasteiger partial charge >= 0.3 is 0 Å². The maximum absolute atomic E-state index is 11.5. The molecule has 2 unspecified atom stereocenters. The first-order valence-corrected chi connectivity index (χ1v) is 5.95. The van der Waals surface area contributed by atoms with E-state index in [2.05, 4.69) is 0 Å². The van der Waals surface area contributed by atoms with E-state index in [4.69, 9.17) is 5.73 Å². The third kappa shape index (κ3) is 3.04. The highest BCUT2D eigenvalue weighted by Crippen LogP contribution is 2.16. The van der Waals surface area contributed by atoms with Crippen LogP contribution in [-0.2, 0) is 15.9 Å². The first-order chi connectivity index (χ1) is 6.65. The van der Waals surface area contributed by atoms with Crippen molar-refractivity contribution in [1.29, 1.82) is 0 Å². The van der Waals surface area contributed by atoms with Gasteiger partial charge < -0.3 is 15.2 Å². The number of hydrogen-bond donors (Lipinski definition) is 1. The van der Waals surface area contributed by atoms with Gasteiger partial charge in [0.25, 0.3) is 0 Å². The van der Waals surface area contributed by atoms with E-state index in [0.29, 0.717) is 13.1 Å². The first-order valence-electron chi connectivity index (χ1n) is 4.70. The summed E-state index contributed by atoms with van der Waals surface area (Å²) >= 11 is -2.30. The smallest absolute Gasteiger partial charge is 0.234 e. The van der Waals surface area contributed by atoms with Crippen molar-refractivity contribution in [2.45, 2.75) is 25.3 Å². The molecule has 82 valence electrons. The molecule has 0 radical (unpaired) electrons. The van der Waals surface area contributed by atoms with Gasteiger partial charge in [-0.1, -0.05) is 0 Å². The molecule has 2 atom stereocenters. The van der Waals surface area contributed by atoms with E-state index in [0.717, 1.165) is 19.3 Å². The lowest BCUT2D eigenvalue weighted by Gasteiger charge is -2.35. The van der Waals surface area contributed by atoms with Gasteiger partial charge in [-0.2, -0.15) is 0 Å². The van der Waals surface area contributed by atoms with Crippen LogP contribution >= 0.6 is 0 Å². The number of nitrogens with two attached hydrogens (primary N) is 1. The molecular formula is C8H15N2O3S-. The van der Waals surface area contributed by atoms with Gasteiger partial charge in [0.15, 0.2) is 0 Å². The summed E-state index contributed by atoms with van der Waals surface area (Å²) < 4.78 is 20.7. The number of carbonyl (C=O) groups excluding carboxylic acids is 1. The van der Waals surface area contributed by atoms with Crippen molar-refractivity contribution in [3.63, 3.8) is 0 Å². The van der Waals surface area contributed by atoms with Crippen LogP contribution in [0, 0.1) is 0 Å². The number of carbonyl (C=O) groups is 1. The van der Waals surface area contributed by atoms with E-state index in [1.165, 1.54) is 0 Å². The molecule has 0 aromatic heterocycles. The number of rotatable bonds is 3. The minimum Gasteiger partial charge on any atom is -0.772 e. The number of hydrogen-bond acceptors (Lipinski definition) is 4. The molecule has 1 amide bonds. The minimum atomic E-state index is -2.30. The fraction of sp³-hybridized carbons (Fsp3) is 0.875. The van der Waals surface area contributed by atoms with Gasteiger partial charge in [0.2, 0.25) is 5.91 Å². The maximum Gasteiger partial charge on any atom is 0.234 e. The summed E-state index contributed by atoms with van der Waals surface area (Å²) in [7, 11) is 0. The second kappa shape index (κ2) is 5.43.